The Bertz CT molecular complexity index is 723. The number of ether oxygens (including phenoxy) is 2. The first-order chi connectivity index (χ1) is 12.7. The molecule has 0 bridgehead atoms. The predicted octanol–water partition coefficient (Wildman–Crippen LogP) is 2.80. The molecule has 1 aromatic carbocycles. The number of morpholine rings is 1. The Morgan fingerprint density at radius 3 is 2.73 bits per heavy atom. The Hall–Kier alpha value is -2.45. The maximum Gasteiger partial charge on any atom is 0.234 e. The second-order valence-electron chi connectivity index (χ2n) is 5.78. The maximum atomic E-state index is 5.90. The van der Waals surface area contributed by atoms with Gasteiger partial charge in [-0.3, -0.25) is 0 Å². The van der Waals surface area contributed by atoms with Gasteiger partial charge in [0.2, 0.25) is 11.8 Å². The third-order valence-electron chi connectivity index (χ3n) is 3.75. The molecule has 0 aliphatic carbocycles. The summed E-state index contributed by atoms with van der Waals surface area (Å²) in [7, 11) is 0. The molecule has 1 aliphatic heterocycles. The molecule has 1 saturated heterocycles. The third-order valence-corrected chi connectivity index (χ3v) is 4.00. The van der Waals surface area contributed by atoms with Crippen LogP contribution in [0.3, 0.4) is 0 Å². The number of nitrogens with one attached hydrogen (secondary N) is 2. The SMILES string of the molecule is CCCNC(=S)Nc1nc(Oc2ccccc2)cc(N2CCOCC2)n1. The number of benzene rings is 1. The molecule has 3 rings (SSSR count). The number of para-hydroxylation sites is 1. The van der Waals surface area contributed by atoms with E-state index in [0.717, 1.165) is 37.6 Å². The van der Waals surface area contributed by atoms with Crippen molar-refractivity contribution in [3.63, 3.8) is 0 Å². The van der Waals surface area contributed by atoms with Gasteiger partial charge in [0.1, 0.15) is 11.6 Å². The van der Waals surface area contributed by atoms with E-state index in [1.54, 1.807) is 0 Å². The highest BCUT2D eigenvalue weighted by atomic mass is 32.1. The lowest BCUT2D eigenvalue weighted by Crippen LogP contribution is -2.37. The van der Waals surface area contributed by atoms with Gasteiger partial charge >= 0.3 is 0 Å². The lowest BCUT2D eigenvalue weighted by atomic mass is 10.3. The van der Waals surface area contributed by atoms with E-state index in [1.165, 1.54) is 0 Å². The highest BCUT2D eigenvalue weighted by Gasteiger charge is 2.16. The number of thiocarbonyl (C=S) groups is 1. The summed E-state index contributed by atoms with van der Waals surface area (Å²) in [4.78, 5) is 11.2. The van der Waals surface area contributed by atoms with E-state index in [9.17, 15) is 0 Å². The van der Waals surface area contributed by atoms with Gasteiger partial charge in [-0.25, -0.2) is 0 Å². The first-order valence-corrected chi connectivity index (χ1v) is 9.15. The van der Waals surface area contributed by atoms with Crippen LogP contribution in [0.4, 0.5) is 11.8 Å². The Morgan fingerprint density at radius 1 is 1.23 bits per heavy atom. The molecular formula is C18H23N5O2S. The molecule has 0 spiro atoms. The molecule has 26 heavy (non-hydrogen) atoms. The summed E-state index contributed by atoms with van der Waals surface area (Å²) in [6.07, 6.45) is 0.985. The van der Waals surface area contributed by atoms with Gasteiger partial charge in [0.15, 0.2) is 5.11 Å². The molecule has 0 amide bonds. The van der Waals surface area contributed by atoms with Crippen LogP contribution in [0.15, 0.2) is 36.4 Å². The highest BCUT2D eigenvalue weighted by Crippen LogP contribution is 2.25. The first kappa shape index (κ1) is 18.3. The van der Waals surface area contributed by atoms with Crippen LogP contribution < -0.4 is 20.3 Å². The molecule has 0 saturated carbocycles. The normalized spacial score (nSPS) is 14.0. The lowest BCUT2D eigenvalue weighted by molar-refractivity contribution is 0.122. The predicted molar refractivity (Wildman–Crippen MR) is 106 cm³/mol. The number of hydrogen-bond acceptors (Lipinski definition) is 6. The van der Waals surface area contributed by atoms with E-state index in [2.05, 4.69) is 32.4 Å². The molecule has 0 unspecified atom stereocenters. The third kappa shape index (κ3) is 5.27. The highest BCUT2D eigenvalue weighted by molar-refractivity contribution is 7.80. The van der Waals surface area contributed by atoms with Crippen LogP contribution in [0, 0.1) is 0 Å². The Labute approximate surface area is 158 Å². The van der Waals surface area contributed by atoms with E-state index in [1.807, 2.05) is 36.4 Å². The molecule has 2 N–H and O–H groups in total. The average molecular weight is 373 g/mol. The van der Waals surface area contributed by atoms with Crippen molar-refractivity contribution in [2.24, 2.45) is 0 Å². The van der Waals surface area contributed by atoms with Crippen molar-refractivity contribution < 1.29 is 9.47 Å². The van der Waals surface area contributed by atoms with Crippen LogP contribution in [0.25, 0.3) is 0 Å². The van der Waals surface area contributed by atoms with Crippen molar-refractivity contribution in [2.75, 3.05) is 43.1 Å². The minimum atomic E-state index is 0.411. The topological polar surface area (TPSA) is 71.5 Å². The molecular weight excluding hydrogens is 350 g/mol. The van der Waals surface area contributed by atoms with Gasteiger partial charge < -0.3 is 25.0 Å². The molecule has 1 fully saturated rings. The molecule has 7 nitrogen and oxygen atoms in total. The van der Waals surface area contributed by atoms with Crippen molar-refractivity contribution in [3.05, 3.63) is 36.4 Å². The fraction of sp³-hybridized carbons (Fsp3) is 0.389. The maximum absolute atomic E-state index is 5.90. The van der Waals surface area contributed by atoms with E-state index in [4.69, 9.17) is 21.7 Å². The standard InChI is InChI=1S/C18H23N5O2S/c1-2-8-19-18(26)22-17-20-15(23-9-11-24-12-10-23)13-16(21-17)25-14-6-4-3-5-7-14/h3-7,13H,2,8-12H2,1H3,(H2,19,20,21,22,26). The number of hydrogen-bond donors (Lipinski definition) is 2. The molecule has 138 valence electrons. The quantitative estimate of drug-likeness (QED) is 0.749. The molecule has 8 heteroatoms. The zero-order chi connectivity index (χ0) is 18.2. The lowest BCUT2D eigenvalue weighted by Gasteiger charge is -2.28. The monoisotopic (exact) mass is 373 g/mol. The van der Waals surface area contributed by atoms with Crippen molar-refractivity contribution in [2.45, 2.75) is 13.3 Å². The van der Waals surface area contributed by atoms with Gasteiger partial charge in [0, 0.05) is 25.7 Å². The Kier molecular flexibility index (Phi) is 6.56. The van der Waals surface area contributed by atoms with Crippen molar-refractivity contribution in [1.29, 1.82) is 0 Å². The Balaban J connectivity index is 1.82. The van der Waals surface area contributed by atoms with Gasteiger partial charge in [0.05, 0.1) is 13.2 Å². The van der Waals surface area contributed by atoms with Gasteiger partial charge in [0.25, 0.3) is 0 Å². The van der Waals surface area contributed by atoms with Crippen LogP contribution in [-0.4, -0.2) is 47.9 Å². The summed E-state index contributed by atoms with van der Waals surface area (Å²) < 4.78 is 11.3. The van der Waals surface area contributed by atoms with Crippen molar-refractivity contribution in [1.82, 2.24) is 15.3 Å². The van der Waals surface area contributed by atoms with Gasteiger partial charge in [-0.2, -0.15) is 9.97 Å². The summed E-state index contributed by atoms with van der Waals surface area (Å²) in [5.74, 6) is 2.38. The van der Waals surface area contributed by atoms with E-state index in [0.29, 0.717) is 30.2 Å². The summed E-state index contributed by atoms with van der Waals surface area (Å²) in [6.45, 7) is 5.79. The summed E-state index contributed by atoms with van der Waals surface area (Å²) in [5, 5.41) is 6.65. The minimum absolute atomic E-state index is 0.411. The van der Waals surface area contributed by atoms with Gasteiger partial charge in [-0.1, -0.05) is 25.1 Å². The van der Waals surface area contributed by atoms with Crippen LogP contribution in [0.5, 0.6) is 11.6 Å². The van der Waals surface area contributed by atoms with Crippen molar-refractivity contribution in [3.8, 4) is 11.6 Å². The summed E-state index contributed by atoms with van der Waals surface area (Å²) in [5.41, 5.74) is 0. The summed E-state index contributed by atoms with van der Waals surface area (Å²) >= 11 is 5.30. The number of aromatic nitrogens is 2. The molecule has 1 aliphatic rings. The fourth-order valence-corrected chi connectivity index (χ4v) is 2.66. The summed E-state index contributed by atoms with van der Waals surface area (Å²) in [6, 6.07) is 11.4. The molecule has 0 radical (unpaired) electrons. The first-order valence-electron chi connectivity index (χ1n) is 8.74. The van der Waals surface area contributed by atoms with E-state index >= 15 is 0 Å². The minimum Gasteiger partial charge on any atom is -0.439 e. The smallest absolute Gasteiger partial charge is 0.234 e. The molecule has 1 aromatic heterocycles. The number of nitrogens with zero attached hydrogens (tertiary/aromatic N) is 3. The van der Waals surface area contributed by atoms with Crippen LogP contribution in [0.1, 0.15) is 13.3 Å². The van der Waals surface area contributed by atoms with Crippen molar-refractivity contribution >= 4 is 29.1 Å². The Morgan fingerprint density at radius 2 is 2.00 bits per heavy atom. The van der Waals surface area contributed by atoms with Crippen LogP contribution >= 0.6 is 12.2 Å². The fourth-order valence-electron chi connectivity index (χ4n) is 2.47. The van der Waals surface area contributed by atoms with E-state index < -0.39 is 0 Å². The molecule has 2 heterocycles. The number of rotatable bonds is 6. The molecule has 0 atom stereocenters. The van der Waals surface area contributed by atoms with Crippen LogP contribution in [-0.2, 0) is 4.74 Å². The van der Waals surface area contributed by atoms with Gasteiger partial charge in [-0.05, 0) is 30.8 Å². The molecule has 2 aromatic rings. The van der Waals surface area contributed by atoms with Gasteiger partial charge in [-0.15, -0.1) is 0 Å². The second kappa shape index (κ2) is 9.30. The second-order valence-corrected chi connectivity index (χ2v) is 6.19. The number of anilines is 2. The van der Waals surface area contributed by atoms with Crippen LogP contribution in [0.2, 0.25) is 0 Å². The zero-order valence-corrected chi connectivity index (χ0v) is 15.6. The average Bonchev–Trinajstić information content (AvgIpc) is 2.67. The zero-order valence-electron chi connectivity index (χ0n) is 14.8. The van der Waals surface area contributed by atoms with E-state index in [-0.39, 0.29) is 0 Å². The largest absolute Gasteiger partial charge is 0.439 e.